The topological polar surface area (TPSA) is 38.3 Å². The molecule has 110 valence electrons. The second-order valence-electron chi connectivity index (χ2n) is 5.35. The van der Waals surface area contributed by atoms with E-state index in [0.29, 0.717) is 12.5 Å². The highest BCUT2D eigenvalue weighted by atomic mass is 32.1. The molecule has 3 nitrogen and oxygen atoms in total. The summed E-state index contributed by atoms with van der Waals surface area (Å²) in [6, 6.07) is 12.1. The molecular weight excluding hydrogens is 282 g/mol. The maximum atomic E-state index is 12.3. The average molecular weight is 301 g/mol. The van der Waals surface area contributed by atoms with Crippen LogP contribution in [-0.4, -0.2) is 19.1 Å². The second kappa shape index (κ2) is 6.31. The van der Waals surface area contributed by atoms with Crippen LogP contribution in [-0.2, 0) is 4.79 Å². The largest absolute Gasteiger partial charge is 0.493 e. The van der Waals surface area contributed by atoms with Gasteiger partial charge in [-0.15, -0.1) is 11.3 Å². The van der Waals surface area contributed by atoms with Crippen LogP contribution >= 0.6 is 11.3 Å². The standard InChI is InChI=1S/C17H19NO2S/c1-12(16-7-4-10-21-16)17(19)18-11-13-8-9-20-15-6-3-2-5-14(13)15/h2-7,10,12-13H,8-9,11H2,1H3,(H,18,19)/t12-,13-/m1/s1. The summed E-state index contributed by atoms with van der Waals surface area (Å²) in [6.45, 7) is 3.35. The molecule has 4 heteroatoms. The molecule has 1 aromatic carbocycles. The molecule has 1 aromatic heterocycles. The van der Waals surface area contributed by atoms with Crippen molar-refractivity contribution < 1.29 is 9.53 Å². The first-order chi connectivity index (χ1) is 10.3. The number of benzene rings is 1. The van der Waals surface area contributed by atoms with E-state index in [1.165, 1.54) is 5.56 Å². The number of thiophene rings is 1. The summed E-state index contributed by atoms with van der Waals surface area (Å²) in [6.07, 6.45) is 0.949. The molecule has 0 saturated heterocycles. The number of hydrogen-bond acceptors (Lipinski definition) is 3. The Morgan fingerprint density at radius 3 is 3.05 bits per heavy atom. The Labute approximate surface area is 129 Å². The zero-order valence-corrected chi connectivity index (χ0v) is 12.9. The van der Waals surface area contributed by atoms with Gasteiger partial charge in [0.05, 0.1) is 12.5 Å². The first kappa shape index (κ1) is 14.1. The maximum absolute atomic E-state index is 12.3. The lowest BCUT2D eigenvalue weighted by molar-refractivity contribution is -0.122. The van der Waals surface area contributed by atoms with E-state index in [0.717, 1.165) is 23.7 Å². The van der Waals surface area contributed by atoms with E-state index in [-0.39, 0.29) is 11.8 Å². The summed E-state index contributed by atoms with van der Waals surface area (Å²) in [5.41, 5.74) is 1.20. The van der Waals surface area contributed by atoms with Crippen LogP contribution in [0.3, 0.4) is 0 Å². The smallest absolute Gasteiger partial charge is 0.228 e. The first-order valence-electron chi connectivity index (χ1n) is 7.28. The summed E-state index contributed by atoms with van der Waals surface area (Å²) < 4.78 is 5.66. The molecule has 2 heterocycles. The molecule has 1 amide bonds. The summed E-state index contributed by atoms with van der Waals surface area (Å²) >= 11 is 1.63. The van der Waals surface area contributed by atoms with Crippen LogP contribution in [0.15, 0.2) is 41.8 Å². The molecule has 0 saturated carbocycles. The van der Waals surface area contributed by atoms with Gasteiger partial charge in [0.1, 0.15) is 5.75 Å². The third kappa shape index (κ3) is 3.10. The Morgan fingerprint density at radius 2 is 2.24 bits per heavy atom. The van der Waals surface area contributed by atoms with Crippen LogP contribution in [0, 0.1) is 0 Å². The van der Waals surface area contributed by atoms with E-state index in [9.17, 15) is 4.79 Å². The SMILES string of the molecule is C[C@@H](C(=O)NC[C@H]1CCOc2ccccc21)c1cccs1. The minimum Gasteiger partial charge on any atom is -0.493 e. The summed E-state index contributed by atoms with van der Waals surface area (Å²) in [5, 5.41) is 5.10. The van der Waals surface area contributed by atoms with Crippen molar-refractivity contribution in [2.24, 2.45) is 0 Å². The maximum Gasteiger partial charge on any atom is 0.228 e. The van der Waals surface area contributed by atoms with Crippen molar-refractivity contribution in [3.63, 3.8) is 0 Å². The van der Waals surface area contributed by atoms with Gasteiger partial charge in [-0.25, -0.2) is 0 Å². The molecule has 0 bridgehead atoms. The third-order valence-electron chi connectivity index (χ3n) is 3.97. The quantitative estimate of drug-likeness (QED) is 0.938. The molecule has 1 aliphatic heterocycles. The van der Waals surface area contributed by atoms with E-state index in [2.05, 4.69) is 11.4 Å². The first-order valence-corrected chi connectivity index (χ1v) is 8.16. The van der Waals surface area contributed by atoms with Crippen LogP contribution in [0.1, 0.15) is 35.6 Å². The number of para-hydroxylation sites is 1. The van der Waals surface area contributed by atoms with E-state index in [4.69, 9.17) is 4.74 Å². The average Bonchev–Trinajstić information content (AvgIpc) is 3.06. The molecule has 1 aliphatic rings. The van der Waals surface area contributed by atoms with Gasteiger partial charge in [-0.3, -0.25) is 4.79 Å². The van der Waals surface area contributed by atoms with Gasteiger partial charge in [-0.05, 0) is 36.4 Å². The van der Waals surface area contributed by atoms with Crippen LogP contribution < -0.4 is 10.1 Å². The number of carbonyl (C=O) groups is 1. The predicted octanol–water partition coefficient (Wildman–Crippen LogP) is 3.53. The fraction of sp³-hybridized carbons (Fsp3) is 0.353. The van der Waals surface area contributed by atoms with Gasteiger partial charge in [-0.2, -0.15) is 0 Å². The molecular formula is C17H19NO2S. The van der Waals surface area contributed by atoms with Gasteiger partial charge < -0.3 is 10.1 Å². The van der Waals surface area contributed by atoms with E-state index in [1.807, 2.05) is 42.6 Å². The third-order valence-corrected chi connectivity index (χ3v) is 5.02. The lowest BCUT2D eigenvalue weighted by Crippen LogP contribution is -2.33. The number of hydrogen-bond donors (Lipinski definition) is 1. The number of carbonyl (C=O) groups excluding carboxylic acids is 1. The van der Waals surface area contributed by atoms with Crippen molar-refractivity contribution >= 4 is 17.2 Å². The molecule has 1 N–H and O–H groups in total. The van der Waals surface area contributed by atoms with Gasteiger partial charge in [-0.1, -0.05) is 24.3 Å². The Kier molecular flexibility index (Phi) is 4.25. The highest BCUT2D eigenvalue weighted by Gasteiger charge is 2.23. The summed E-state index contributed by atoms with van der Waals surface area (Å²) in [4.78, 5) is 13.4. The Balaban J connectivity index is 1.62. The van der Waals surface area contributed by atoms with Crippen molar-refractivity contribution in [2.45, 2.75) is 25.2 Å². The Hall–Kier alpha value is -1.81. The van der Waals surface area contributed by atoms with E-state index in [1.54, 1.807) is 11.3 Å². The number of ether oxygens (including phenoxy) is 1. The molecule has 0 fully saturated rings. The molecule has 2 aromatic rings. The van der Waals surface area contributed by atoms with Crippen molar-refractivity contribution in [1.82, 2.24) is 5.32 Å². The van der Waals surface area contributed by atoms with Gasteiger partial charge >= 0.3 is 0 Å². The van der Waals surface area contributed by atoms with Crippen LogP contribution in [0.4, 0.5) is 0 Å². The van der Waals surface area contributed by atoms with Crippen molar-refractivity contribution in [3.8, 4) is 5.75 Å². The Morgan fingerprint density at radius 1 is 1.38 bits per heavy atom. The summed E-state index contributed by atoms with van der Waals surface area (Å²) in [7, 11) is 0. The van der Waals surface area contributed by atoms with Crippen molar-refractivity contribution in [1.29, 1.82) is 0 Å². The normalized spacial score (nSPS) is 18.4. The minimum atomic E-state index is -0.0833. The summed E-state index contributed by atoms with van der Waals surface area (Å²) in [5.74, 6) is 1.31. The molecule has 0 spiro atoms. The molecule has 3 rings (SSSR count). The monoisotopic (exact) mass is 301 g/mol. The van der Waals surface area contributed by atoms with Crippen LogP contribution in [0.25, 0.3) is 0 Å². The van der Waals surface area contributed by atoms with E-state index < -0.39 is 0 Å². The zero-order chi connectivity index (χ0) is 14.7. The second-order valence-corrected chi connectivity index (χ2v) is 6.33. The number of rotatable bonds is 4. The van der Waals surface area contributed by atoms with Crippen LogP contribution in [0.2, 0.25) is 0 Å². The number of nitrogens with one attached hydrogen (secondary N) is 1. The fourth-order valence-electron chi connectivity index (χ4n) is 2.67. The zero-order valence-electron chi connectivity index (χ0n) is 12.0. The molecule has 0 radical (unpaired) electrons. The fourth-order valence-corrected chi connectivity index (χ4v) is 3.45. The van der Waals surface area contributed by atoms with Crippen molar-refractivity contribution in [3.05, 3.63) is 52.2 Å². The van der Waals surface area contributed by atoms with Gasteiger partial charge in [0.15, 0.2) is 0 Å². The van der Waals surface area contributed by atoms with Crippen LogP contribution in [0.5, 0.6) is 5.75 Å². The predicted molar refractivity (Wildman–Crippen MR) is 85.0 cm³/mol. The van der Waals surface area contributed by atoms with Gasteiger partial charge in [0.25, 0.3) is 0 Å². The van der Waals surface area contributed by atoms with E-state index >= 15 is 0 Å². The highest BCUT2D eigenvalue weighted by Crippen LogP contribution is 2.33. The molecule has 0 aliphatic carbocycles. The number of amides is 1. The van der Waals surface area contributed by atoms with Gasteiger partial charge in [0, 0.05) is 17.3 Å². The Bertz CT molecular complexity index is 609. The van der Waals surface area contributed by atoms with Gasteiger partial charge in [0.2, 0.25) is 5.91 Å². The lowest BCUT2D eigenvalue weighted by atomic mass is 9.93. The van der Waals surface area contributed by atoms with Crippen molar-refractivity contribution in [2.75, 3.05) is 13.2 Å². The lowest BCUT2D eigenvalue weighted by Gasteiger charge is -2.26. The number of fused-ring (bicyclic) bond motifs is 1. The highest BCUT2D eigenvalue weighted by molar-refractivity contribution is 7.10. The molecule has 0 unspecified atom stereocenters. The molecule has 21 heavy (non-hydrogen) atoms. The minimum absolute atomic E-state index is 0.0833. The molecule has 2 atom stereocenters.